The Morgan fingerprint density at radius 2 is 1.94 bits per heavy atom. The van der Waals surface area contributed by atoms with Gasteiger partial charge in [-0.05, 0) is 42.3 Å². The van der Waals surface area contributed by atoms with Crippen LogP contribution in [0.5, 0.6) is 0 Å². The maximum atomic E-state index is 13.4. The van der Waals surface area contributed by atoms with Gasteiger partial charge >= 0.3 is 0 Å². The van der Waals surface area contributed by atoms with E-state index in [0.717, 1.165) is 5.56 Å². The molecule has 0 saturated heterocycles. The maximum Gasteiger partial charge on any atom is 0.250 e. The van der Waals surface area contributed by atoms with E-state index in [1.807, 2.05) is 0 Å². The summed E-state index contributed by atoms with van der Waals surface area (Å²) in [6, 6.07) is 17.5. The van der Waals surface area contributed by atoms with Crippen LogP contribution in [0.4, 0.5) is 22.0 Å². The Balaban J connectivity index is 1.93. The quantitative estimate of drug-likeness (QED) is 0.624. The van der Waals surface area contributed by atoms with Crippen LogP contribution >= 0.6 is 0 Å². The predicted molar refractivity (Wildman–Crippen MR) is 120 cm³/mol. The smallest absolute Gasteiger partial charge is 0.250 e. The number of amides is 1. The van der Waals surface area contributed by atoms with Gasteiger partial charge in [0.15, 0.2) is 0 Å². The molecule has 4 rings (SSSR count). The maximum absolute atomic E-state index is 13.4. The number of allylic oxidation sites excluding steroid dienone is 2. The summed E-state index contributed by atoms with van der Waals surface area (Å²) in [5.41, 5.74) is 3.36. The monoisotopic (exact) mass is 441 g/mol. The Kier molecular flexibility index (Phi) is 5.88. The van der Waals surface area contributed by atoms with Crippen LogP contribution in [-0.2, 0) is 11.5 Å². The average Bonchev–Trinajstić information content (AvgIpc) is 3.25. The van der Waals surface area contributed by atoms with Crippen molar-refractivity contribution in [3.8, 4) is 12.1 Å². The lowest BCUT2D eigenvalue weighted by Crippen LogP contribution is -2.30. The van der Waals surface area contributed by atoms with Gasteiger partial charge in [-0.1, -0.05) is 31.2 Å². The molecule has 33 heavy (non-hydrogen) atoms. The van der Waals surface area contributed by atoms with E-state index < -0.39 is 12.7 Å². The Morgan fingerprint density at radius 1 is 1.18 bits per heavy atom. The van der Waals surface area contributed by atoms with Crippen LogP contribution in [0.2, 0.25) is 0 Å². The highest BCUT2D eigenvalue weighted by molar-refractivity contribution is 5.89. The second-order valence-corrected chi connectivity index (χ2v) is 7.47. The number of nitrogens with one attached hydrogen (secondary N) is 1. The van der Waals surface area contributed by atoms with E-state index in [0.29, 0.717) is 34.0 Å². The lowest BCUT2D eigenvalue weighted by molar-refractivity contribution is -0.115. The lowest BCUT2D eigenvalue weighted by atomic mass is 9.95. The highest BCUT2D eigenvalue weighted by Crippen LogP contribution is 2.42. The topological polar surface area (TPSA) is 111 Å². The van der Waals surface area contributed by atoms with Crippen molar-refractivity contribution in [3.05, 3.63) is 76.5 Å². The van der Waals surface area contributed by atoms with Crippen LogP contribution in [0.25, 0.3) is 0 Å². The zero-order chi connectivity index (χ0) is 23.5. The molecule has 1 amide bonds. The molecular weight excluding hydrogens is 421 g/mol. The van der Waals surface area contributed by atoms with Gasteiger partial charge < -0.3 is 0 Å². The molecule has 0 spiro atoms. The van der Waals surface area contributed by atoms with Crippen LogP contribution in [0.1, 0.15) is 43.0 Å². The van der Waals surface area contributed by atoms with E-state index in [1.165, 1.54) is 0 Å². The van der Waals surface area contributed by atoms with Gasteiger partial charge in [0.1, 0.15) is 12.7 Å². The summed E-state index contributed by atoms with van der Waals surface area (Å²) in [7, 11) is 0. The van der Waals surface area contributed by atoms with Crippen molar-refractivity contribution in [2.24, 2.45) is 0 Å². The summed E-state index contributed by atoms with van der Waals surface area (Å²) in [5.74, 6) is 0.237. The fourth-order valence-electron chi connectivity index (χ4n) is 3.78. The lowest BCUT2D eigenvalue weighted by Gasteiger charge is -2.34. The van der Waals surface area contributed by atoms with Gasteiger partial charge in [-0.15, -0.1) is 5.10 Å². The van der Waals surface area contributed by atoms with E-state index in [4.69, 9.17) is 5.26 Å². The van der Waals surface area contributed by atoms with E-state index in [-0.39, 0.29) is 18.3 Å². The summed E-state index contributed by atoms with van der Waals surface area (Å²) < 4.78 is 14.9. The number of aromatic nitrogens is 3. The number of anilines is 3. The molecule has 0 bridgehead atoms. The molecule has 9 heteroatoms. The number of nitrogens with zero attached hydrogens (tertiary/aromatic N) is 6. The van der Waals surface area contributed by atoms with E-state index in [1.54, 1.807) is 72.0 Å². The number of nitriles is 2. The third-order valence-electron chi connectivity index (χ3n) is 5.43. The number of hydrogen-bond acceptors (Lipinski definition) is 6. The fraction of sp³-hybridized carbons (Fsp3) is 0.208. The van der Waals surface area contributed by atoms with Gasteiger partial charge in [-0.2, -0.15) is 15.5 Å². The largest absolute Gasteiger partial charge is 0.293 e. The Hall–Kier alpha value is -4.50. The summed E-state index contributed by atoms with van der Waals surface area (Å²) in [6.07, 6.45) is 0.256. The normalized spacial score (nSPS) is 14.9. The summed E-state index contributed by atoms with van der Waals surface area (Å²) in [6.45, 7) is 2.88. The van der Waals surface area contributed by atoms with Gasteiger partial charge in [-0.25, -0.2) is 9.07 Å². The zero-order valence-corrected chi connectivity index (χ0v) is 18.1. The molecular formula is C24H20FN7O. The average molecular weight is 441 g/mol. The number of alkyl halides is 1. The van der Waals surface area contributed by atoms with Crippen LogP contribution in [0.3, 0.4) is 0 Å². The molecule has 1 N–H and O–H groups in total. The van der Waals surface area contributed by atoms with Gasteiger partial charge in [0, 0.05) is 17.8 Å². The molecule has 1 aliphatic heterocycles. The second kappa shape index (κ2) is 8.93. The first-order valence-corrected chi connectivity index (χ1v) is 10.3. The van der Waals surface area contributed by atoms with E-state index in [2.05, 4.69) is 27.5 Å². The molecule has 3 aromatic rings. The van der Waals surface area contributed by atoms with Crippen LogP contribution in [-0.4, -0.2) is 20.7 Å². The van der Waals surface area contributed by atoms with Gasteiger partial charge in [0.05, 0.1) is 23.3 Å². The standard InChI is InChI=1S/C24H20FN7O/c1-3-21(33)28-23-29-24-31(19-6-4-5-17(11-19)12-25)15(2)20(14-27)22(32(24)30-23)18-9-7-16(13-26)8-10-18/h4-11,22H,3,12H2,1-2H3,(H,28,30,33)/t22-/m1/s1. The number of benzene rings is 2. The molecule has 0 saturated carbocycles. The molecule has 164 valence electrons. The SMILES string of the molecule is CCC(=O)Nc1nc2n(n1)[C@H](c1ccc(C#N)cc1)C(C#N)=C(C)N2c1cccc(CF)c1. The molecule has 1 atom stereocenters. The molecule has 1 aliphatic rings. The Labute approximate surface area is 190 Å². The van der Waals surface area contributed by atoms with Crippen LogP contribution in [0, 0.1) is 22.7 Å². The number of fused-ring (bicyclic) bond motifs is 1. The number of halogens is 1. The third kappa shape index (κ3) is 3.92. The van der Waals surface area contributed by atoms with Crippen molar-refractivity contribution in [2.45, 2.75) is 33.0 Å². The van der Waals surface area contributed by atoms with Gasteiger partial charge in [-0.3, -0.25) is 15.0 Å². The first kappa shape index (κ1) is 21.7. The first-order valence-electron chi connectivity index (χ1n) is 10.3. The van der Waals surface area contributed by atoms with Crippen molar-refractivity contribution in [2.75, 3.05) is 10.2 Å². The molecule has 0 fully saturated rings. The first-order chi connectivity index (χ1) is 16.0. The Morgan fingerprint density at radius 3 is 2.58 bits per heavy atom. The van der Waals surface area contributed by atoms with Crippen LogP contribution in [0.15, 0.2) is 59.8 Å². The molecule has 8 nitrogen and oxygen atoms in total. The highest BCUT2D eigenvalue weighted by atomic mass is 19.1. The molecule has 1 aromatic heterocycles. The predicted octanol–water partition coefficient (Wildman–Crippen LogP) is 4.51. The van der Waals surface area contributed by atoms with Gasteiger partial charge in [0.2, 0.25) is 11.9 Å². The minimum Gasteiger partial charge on any atom is -0.293 e. The van der Waals surface area contributed by atoms with E-state index in [9.17, 15) is 14.4 Å². The minimum atomic E-state index is -0.631. The number of carbonyl (C=O) groups excluding carboxylic acids is 1. The number of rotatable bonds is 5. The number of hydrogen-bond donors (Lipinski definition) is 1. The molecule has 0 radical (unpaired) electrons. The number of carbonyl (C=O) groups is 1. The molecule has 2 heterocycles. The van der Waals surface area contributed by atoms with Crippen molar-refractivity contribution < 1.29 is 9.18 Å². The van der Waals surface area contributed by atoms with Gasteiger partial charge in [0.25, 0.3) is 5.95 Å². The summed E-state index contributed by atoms with van der Waals surface area (Å²) >= 11 is 0. The van der Waals surface area contributed by atoms with Crippen molar-refractivity contribution >= 4 is 23.5 Å². The molecule has 0 unspecified atom stereocenters. The summed E-state index contributed by atoms with van der Waals surface area (Å²) in [4.78, 5) is 18.3. The zero-order valence-electron chi connectivity index (χ0n) is 18.1. The molecule has 2 aromatic carbocycles. The highest BCUT2D eigenvalue weighted by Gasteiger charge is 2.36. The Bertz CT molecular complexity index is 1330. The minimum absolute atomic E-state index is 0.106. The molecule has 0 aliphatic carbocycles. The van der Waals surface area contributed by atoms with E-state index >= 15 is 0 Å². The van der Waals surface area contributed by atoms with Crippen molar-refractivity contribution in [3.63, 3.8) is 0 Å². The van der Waals surface area contributed by atoms with Crippen molar-refractivity contribution in [1.82, 2.24) is 14.8 Å². The van der Waals surface area contributed by atoms with Crippen molar-refractivity contribution in [1.29, 1.82) is 10.5 Å². The van der Waals surface area contributed by atoms with Crippen LogP contribution < -0.4 is 10.2 Å². The third-order valence-corrected chi connectivity index (χ3v) is 5.43. The summed E-state index contributed by atoms with van der Waals surface area (Å²) in [5, 5.41) is 26.4. The fourth-order valence-corrected chi connectivity index (χ4v) is 3.78. The second-order valence-electron chi connectivity index (χ2n) is 7.47.